The van der Waals surface area contributed by atoms with E-state index in [2.05, 4.69) is 10.1 Å². The lowest BCUT2D eigenvalue weighted by molar-refractivity contribution is -0.142. The Morgan fingerprint density at radius 2 is 2.28 bits per heavy atom. The van der Waals surface area contributed by atoms with Crippen LogP contribution in [-0.4, -0.2) is 22.7 Å². The van der Waals surface area contributed by atoms with Crippen molar-refractivity contribution in [3.63, 3.8) is 0 Å². The van der Waals surface area contributed by atoms with Crippen molar-refractivity contribution in [2.45, 2.75) is 27.2 Å². The number of aromatic nitrogens is 2. The molecule has 6 heteroatoms. The summed E-state index contributed by atoms with van der Waals surface area (Å²) in [7, 11) is 0. The summed E-state index contributed by atoms with van der Waals surface area (Å²) < 4.78 is 9.92. The van der Waals surface area contributed by atoms with Crippen LogP contribution < -0.4 is 0 Å². The first kappa shape index (κ1) is 12.8. The van der Waals surface area contributed by atoms with Gasteiger partial charge in [0.15, 0.2) is 0 Å². The van der Waals surface area contributed by atoms with Crippen LogP contribution in [0.3, 0.4) is 0 Å². The van der Waals surface area contributed by atoms with Crippen LogP contribution in [0.25, 0.3) is 10.7 Å². The highest BCUT2D eigenvalue weighted by Crippen LogP contribution is 2.27. The maximum atomic E-state index is 11.4. The highest BCUT2D eigenvalue weighted by atomic mass is 32.1. The number of carbonyl (C=O) groups is 1. The van der Waals surface area contributed by atoms with Gasteiger partial charge in [0, 0.05) is 10.9 Å². The summed E-state index contributed by atoms with van der Waals surface area (Å²) in [6.07, 6.45) is 0.201. The molecule has 0 amide bonds. The zero-order valence-corrected chi connectivity index (χ0v) is 11.3. The quantitative estimate of drug-likeness (QED) is 0.795. The van der Waals surface area contributed by atoms with Gasteiger partial charge in [-0.2, -0.15) is 0 Å². The molecule has 0 N–H and O–H groups in total. The van der Waals surface area contributed by atoms with Crippen molar-refractivity contribution >= 4 is 17.3 Å². The second-order valence-corrected chi connectivity index (χ2v) is 5.03. The van der Waals surface area contributed by atoms with E-state index < -0.39 is 0 Å². The number of rotatable bonds is 4. The second-order valence-electron chi connectivity index (χ2n) is 3.83. The molecule has 0 saturated carbocycles. The van der Waals surface area contributed by atoms with Gasteiger partial charge < -0.3 is 9.26 Å². The number of nitrogens with zero attached hydrogens (tertiary/aromatic N) is 2. The molecule has 2 rings (SSSR count). The fourth-order valence-electron chi connectivity index (χ4n) is 1.52. The Hall–Kier alpha value is -1.69. The minimum absolute atomic E-state index is 0.201. The van der Waals surface area contributed by atoms with Crippen LogP contribution in [0.15, 0.2) is 10.6 Å². The monoisotopic (exact) mass is 266 g/mol. The van der Waals surface area contributed by atoms with Gasteiger partial charge in [-0.1, -0.05) is 5.16 Å². The first-order chi connectivity index (χ1) is 8.60. The number of thiazole rings is 1. The number of esters is 1. The summed E-state index contributed by atoms with van der Waals surface area (Å²) in [5.41, 5.74) is 1.45. The topological polar surface area (TPSA) is 65.2 Å². The maximum absolute atomic E-state index is 11.4. The van der Waals surface area contributed by atoms with E-state index in [1.165, 1.54) is 11.3 Å². The van der Waals surface area contributed by atoms with E-state index in [1.807, 2.05) is 19.9 Å². The molecule has 0 fully saturated rings. The van der Waals surface area contributed by atoms with Crippen molar-refractivity contribution in [3.05, 3.63) is 22.4 Å². The third-order valence-electron chi connectivity index (χ3n) is 2.36. The van der Waals surface area contributed by atoms with Crippen LogP contribution in [0.4, 0.5) is 0 Å². The predicted molar refractivity (Wildman–Crippen MR) is 67.4 cm³/mol. The van der Waals surface area contributed by atoms with Crippen LogP contribution in [0.1, 0.15) is 23.3 Å². The molecule has 2 heterocycles. The van der Waals surface area contributed by atoms with Gasteiger partial charge in [-0.05, 0) is 20.8 Å². The molecule has 0 spiro atoms. The van der Waals surface area contributed by atoms with Gasteiger partial charge in [0.2, 0.25) is 0 Å². The van der Waals surface area contributed by atoms with Crippen molar-refractivity contribution < 1.29 is 14.1 Å². The number of aryl methyl sites for hydroxylation is 2. The van der Waals surface area contributed by atoms with Crippen molar-refractivity contribution in [3.8, 4) is 10.7 Å². The van der Waals surface area contributed by atoms with Crippen LogP contribution in [0, 0.1) is 13.8 Å². The molecule has 0 aliphatic heterocycles. The Labute approximate surface area is 109 Å². The van der Waals surface area contributed by atoms with Crippen molar-refractivity contribution in [2.24, 2.45) is 0 Å². The molecule has 0 saturated heterocycles. The van der Waals surface area contributed by atoms with Crippen molar-refractivity contribution in [2.75, 3.05) is 6.61 Å². The first-order valence-corrected chi connectivity index (χ1v) is 6.47. The maximum Gasteiger partial charge on any atom is 0.311 e. The molecule has 2 aromatic rings. The normalized spacial score (nSPS) is 10.6. The summed E-state index contributed by atoms with van der Waals surface area (Å²) in [6, 6.07) is 1.83. The van der Waals surface area contributed by atoms with Gasteiger partial charge >= 0.3 is 5.97 Å². The molecule has 0 atom stereocenters. The summed E-state index contributed by atoms with van der Waals surface area (Å²) >= 11 is 1.50. The number of carbonyl (C=O) groups excluding carboxylic acids is 1. The molecule has 0 bridgehead atoms. The van der Waals surface area contributed by atoms with Crippen LogP contribution >= 0.6 is 11.3 Å². The lowest BCUT2D eigenvalue weighted by Gasteiger charge is -1.99. The first-order valence-electron chi connectivity index (χ1n) is 5.65. The molecular formula is C12H14N2O3S. The predicted octanol–water partition coefficient (Wildman–Crippen LogP) is 2.52. The summed E-state index contributed by atoms with van der Waals surface area (Å²) in [5, 5.41) is 4.68. The van der Waals surface area contributed by atoms with Gasteiger partial charge in [-0.25, -0.2) is 4.98 Å². The molecule has 18 heavy (non-hydrogen) atoms. The molecule has 0 unspecified atom stereocenters. The molecule has 0 aromatic carbocycles. The molecule has 2 aromatic heterocycles. The van der Waals surface area contributed by atoms with E-state index in [0.717, 1.165) is 21.3 Å². The van der Waals surface area contributed by atoms with E-state index >= 15 is 0 Å². The largest absolute Gasteiger partial charge is 0.466 e. The standard InChI is InChI=1S/C12H14N2O3S/c1-4-16-11(15)6-9-8(3)18-12(13-9)10-5-7(2)17-14-10/h5H,4,6H2,1-3H3. The molecule has 0 aliphatic carbocycles. The number of ether oxygens (including phenoxy) is 1. The van der Waals surface area contributed by atoms with Gasteiger partial charge in [-0.3, -0.25) is 4.79 Å². The lowest BCUT2D eigenvalue weighted by Crippen LogP contribution is -2.08. The Morgan fingerprint density at radius 3 is 2.89 bits per heavy atom. The van der Waals surface area contributed by atoms with E-state index in [4.69, 9.17) is 9.26 Å². The Kier molecular flexibility index (Phi) is 3.76. The highest BCUT2D eigenvalue weighted by molar-refractivity contribution is 7.15. The SMILES string of the molecule is CCOC(=O)Cc1nc(-c2cc(C)on2)sc1C. The second kappa shape index (κ2) is 5.30. The van der Waals surface area contributed by atoms with Crippen LogP contribution in [0.5, 0.6) is 0 Å². The van der Waals surface area contributed by atoms with Crippen LogP contribution in [0.2, 0.25) is 0 Å². The van der Waals surface area contributed by atoms with E-state index in [-0.39, 0.29) is 12.4 Å². The van der Waals surface area contributed by atoms with E-state index in [9.17, 15) is 4.79 Å². The van der Waals surface area contributed by atoms with Gasteiger partial charge in [-0.15, -0.1) is 11.3 Å². The van der Waals surface area contributed by atoms with Crippen molar-refractivity contribution in [1.82, 2.24) is 10.1 Å². The molecule has 0 radical (unpaired) electrons. The summed E-state index contributed by atoms with van der Waals surface area (Å²) in [4.78, 5) is 16.8. The minimum Gasteiger partial charge on any atom is -0.466 e. The van der Waals surface area contributed by atoms with Crippen molar-refractivity contribution in [1.29, 1.82) is 0 Å². The number of hydrogen-bond donors (Lipinski definition) is 0. The Balaban J connectivity index is 2.19. The number of hydrogen-bond acceptors (Lipinski definition) is 6. The third kappa shape index (κ3) is 2.76. The van der Waals surface area contributed by atoms with Crippen LogP contribution in [-0.2, 0) is 16.0 Å². The van der Waals surface area contributed by atoms with E-state index in [1.54, 1.807) is 6.92 Å². The van der Waals surface area contributed by atoms with E-state index in [0.29, 0.717) is 12.3 Å². The fraction of sp³-hybridized carbons (Fsp3) is 0.417. The summed E-state index contributed by atoms with van der Waals surface area (Å²) in [6.45, 7) is 5.94. The fourth-order valence-corrected chi connectivity index (χ4v) is 2.40. The minimum atomic E-state index is -0.256. The molecule has 96 valence electrons. The molecule has 5 nitrogen and oxygen atoms in total. The zero-order valence-electron chi connectivity index (χ0n) is 10.5. The molecular weight excluding hydrogens is 252 g/mol. The van der Waals surface area contributed by atoms with Gasteiger partial charge in [0.1, 0.15) is 16.5 Å². The smallest absolute Gasteiger partial charge is 0.311 e. The van der Waals surface area contributed by atoms with Gasteiger partial charge in [0.25, 0.3) is 0 Å². The average molecular weight is 266 g/mol. The zero-order chi connectivity index (χ0) is 13.1. The Morgan fingerprint density at radius 1 is 1.50 bits per heavy atom. The Bertz CT molecular complexity index is 559. The highest BCUT2D eigenvalue weighted by Gasteiger charge is 2.15. The molecule has 0 aliphatic rings. The lowest BCUT2D eigenvalue weighted by atomic mass is 10.3. The third-order valence-corrected chi connectivity index (χ3v) is 3.39. The summed E-state index contributed by atoms with van der Waals surface area (Å²) in [5.74, 6) is 0.485. The average Bonchev–Trinajstić information content (AvgIpc) is 2.87. The van der Waals surface area contributed by atoms with Gasteiger partial charge in [0.05, 0.1) is 18.7 Å².